The third-order valence-corrected chi connectivity index (χ3v) is 4.36. The molecule has 1 aliphatic rings. The first-order chi connectivity index (χ1) is 8.50. The first-order valence-electron chi connectivity index (χ1n) is 6.35. The fourth-order valence-electron chi connectivity index (χ4n) is 1.88. The molecule has 1 saturated heterocycles. The second-order valence-electron chi connectivity index (χ2n) is 4.89. The predicted octanol–water partition coefficient (Wildman–Crippen LogP) is 0.697. The number of amides is 1. The third kappa shape index (κ3) is 5.27. The van der Waals surface area contributed by atoms with Crippen LogP contribution in [-0.2, 0) is 9.59 Å². The molecule has 0 aliphatic carbocycles. The number of hydrogen-bond acceptors (Lipinski definition) is 4. The standard InChI is InChI=1S/C12H22N2O3S/c1-8(2)11(12(16)17)14-10(15)7-18-9-3-5-13-6-4-9/h8-9,11,13H,3-7H2,1-2H3,(H,14,15)(H,16,17)/t11-/m1/s1. The van der Waals surface area contributed by atoms with Crippen molar-refractivity contribution in [3.63, 3.8) is 0 Å². The molecule has 1 fully saturated rings. The molecule has 0 spiro atoms. The van der Waals surface area contributed by atoms with E-state index in [4.69, 9.17) is 5.11 Å². The maximum atomic E-state index is 11.7. The molecule has 0 bridgehead atoms. The van der Waals surface area contributed by atoms with Gasteiger partial charge in [0.05, 0.1) is 5.75 Å². The molecule has 6 heteroatoms. The van der Waals surface area contributed by atoms with Gasteiger partial charge in [0.1, 0.15) is 6.04 Å². The summed E-state index contributed by atoms with van der Waals surface area (Å²) in [4.78, 5) is 22.6. The van der Waals surface area contributed by atoms with Crippen molar-refractivity contribution < 1.29 is 14.7 Å². The van der Waals surface area contributed by atoms with Crippen molar-refractivity contribution in [1.29, 1.82) is 0 Å². The van der Waals surface area contributed by atoms with E-state index in [1.54, 1.807) is 25.6 Å². The third-order valence-electron chi connectivity index (χ3n) is 2.99. The zero-order chi connectivity index (χ0) is 13.5. The molecule has 1 heterocycles. The van der Waals surface area contributed by atoms with Gasteiger partial charge < -0.3 is 15.7 Å². The van der Waals surface area contributed by atoms with E-state index in [9.17, 15) is 9.59 Å². The van der Waals surface area contributed by atoms with E-state index in [0.29, 0.717) is 11.0 Å². The van der Waals surface area contributed by atoms with E-state index in [1.807, 2.05) is 0 Å². The van der Waals surface area contributed by atoms with Crippen LogP contribution in [0.4, 0.5) is 0 Å². The van der Waals surface area contributed by atoms with Gasteiger partial charge in [-0.15, -0.1) is 11.8 Å². The molecule has 1 atom stereocenters. The van der Waals surface area contributed by atoms with Gasteiger partial charge in [0, 0.05) is 5.25 Å². The number of nitrogens with one attached hydrogen (secondary N) is 2. The van der Waals surface area contributed by atoms with Crippen LogP contribution < -0.4 is 10.6 Å². The molecule has 104 valence electrons. The average Bonchev–Trinajstić information content (AvgIpc) is 2.34. The predicted molar refractivity (Wildman–Crippen MR) is 72.8 cm³/mol. The minimum absolute atomic E-state index is 0.102. The Morgan fingerprint density at radius 1 is 1.39 bits per heavy atom. The fourth-order valence-corrected chi connectivity index (χ4v) is 2.92. The van der Waals surface area contributed by atoms with Crippen LogP contribution in [0.1, 0.15) is 26.7 Å². The summed E-state index contributed by atoms with van der Waals surface area (Å²) in [6, 6.07) is -0.786. The van der Waals surface area contributed by atoms with Crippen LogP contribution in [0.15, 0.2) is 0 Å². The summed E-state index contributed by atoms with van der Waals surface area (Å²) in [5, 5.41) is 15.3. The topological polar surface area (TPSA) is 78.4 Å². The molecule has 3 N–H and O–H groups in total. The summed E-state index contributed by atoms with van der Waals surface area (Å²) in [7, 11) is 0. The van der Waals surface area contributed by atoms with Crippen LogP contribution in [0, 0.1) is 5.92 Å². The zero-order valence-corrected chi connectivity index (χ0v) is 11.8. The molecule has 1 rings (SSSR count). The molecule has 0 radical (unpaired) electrons. The van der Waals surface area contributed by atoms with Gasteiger partial charge in [-0.05, 0) is 31.8 Å². The summed E-state index contributed by atoms with van der Waals surface area (Å²) in [5.41, 5.74) is 0. The number of hydrogen-bond donors (Lipinski definition) is 3. The average molecular weight is 274 g/mol. The summed E-state index contributed by atoms with van der Waals surface area (Å²) < 4.78 is 0. The van der Waals surface area contributed by atoms with Crippen molar-refractivity contribution in [3.8, 4) is 0 Å². The van der Waals surface area contributed by atoms with Gasteiger partial charge in [0.2, 0.25) is 5.91 Å². The highest BCUT2D eigenvalue weighted by Gasteiger charge is 2.24. The van der Waals surface area contributed by atoms with Gasteiger partial charge in [0.25, 0.3) is 0 Å². The number of carboxylic acid groups (broad SMARTS) is 1. The molecule has 0 aromatic carbocycles. The molecule has 0 unspecified atom stereocenters. The lowest BCUT2D eigenvalue weighted by Crippen LogP contribution is -2.45. The van der Waals surface area contributed by atoms with Crippen molar-refractivity contribution in [2.24, 2.45) is 5.92 Å². The molecule has 0 saturated carbocycles. The lowest BCUT2D eigenvalue weighted by Gasteiger charge is -2.22. The quantitative estimate of drug-likeness (QED) is 0.664. The van der Waals surface area contributed by atoms with Crippen LogP contribution in [0.2, 0.25) is 0 Å². The number of aliphatic carboxylic acids is 1. The fraction of sp³-hybridized carbons (Fsp3) is 0.833. The van der Waals surface area contributed by atoms with Crippen LogP contribution in [0.3, 0.4) is 0 Å². The Morgan fingerprint density at radius 3 is 2.50 bits per heavy atom. The van der Waals surface area contributed by atoms with Crippen molar-refractivity contribution in [3.05, 3.63) is 0 Å². The minimum Gasteiger partial charge on any atom is -0.480 e. The lowest BCUT2D eigenvalue weighted by molar-refractivity contribution is -0.142. The Hall–Kier alpha value is -0.750. The van der Waals surface area contributed by atoms with Gasteiger partial charge in [-0.1, -0.05) is 13.8 Å². The smallest absolute Gasteiger partial charge is 0.326 e. The highest BCUT2D eigenvalue weighted by molar-refractivity contribution is 8.00. The molecule has 0 aromatic rings. The Bertz CT molecular complexity index is 291. The number of carboxylic acids is 1. The highest BCUT2D eigenvalue weighted by Crippen LogP contribution is 2.19. The SMILES string of the molecule is CC(C)[C@@H](NC(=O)CSC1CCNCC1)C(=O)O. The Morgan fingerprint density at radius 2 is 2.00 bits per heavy atom. The molecular formula is C12H22N2O3S. The Kier molecular flexibility index (Phi) is 6.49. The maximum Gasteiger partial charge on any atom is 0.326 e. The zero-order valence-electron chi connectivity index (χ0n) is 10.9. The second kappa shape index (κ2) is 7.63. The van der Waals surface area contributed by atoms with Gasteiger partial charge >= 0.3 is 5.97 Å². The van der Waals surface area contributed by atoms with Crippen LogP contribution in [0.5, 0.6) is 0 Å². The summed E-state index contributed by atoms with van der Waals surface area (Å²) in [6.45, 7) is 5.59. The molecule has 1 amide bonds. The van der Waals surface area contributed by atoms with E-state index in [-0.39, 0.29) is 11.8 Å². The minimum atomic E-state index is -0.967. The van der Waals surface area contributed by atoms with E-state index < -0.39 is 12.0 Å². The van der Waals surface area contributed by atoms with E-state index in [1.165, 1.54) is 0 Å². The Balaban J connectivity index is 2.29. The largest absolute Gasteiger partial charge is 0.480 e. The Labute approximate surface area is 112 Å². The van der Waals surface area contributed by atoms with Gasteiger partial charge in [0.15, 0.2) is 0 Å². The molecular weight excluding hydrogens is 252 g/mol. The second-order valence-corrected chi connectivity index (χ2v) is 6.18. The lowest BCUT2D eigenvalue weighted by atomic mass is 10.1. The molecule has 18 heavy (non-hydrogen) atoms. The van der Waals surface area contributed by atoms with Crippen LogP contribution >= 0.6 is 11.8 Å². The van der Waals surface area contributed by atoms with Crippen LogP contribution in [0.25, 0.3) is 0 Å². The van der Waals surface area contributed by atoms with Crippen LogP contribution in [-0.4, -0.2) is 47.1 Å². The number of carbonyl (C=O) groups excluding carboxylic acids is 1. The molecule has 5 nitrogen and oxygen atoms in total. The van der Waals surface area contributed by atoms with E-state index in [0.717, 1.165) is 25.9 Å². The van der Waals surface area contributed by atoms with Crippen molar-refractivity contribution in [2.45, 2.75) is 38.0 Å². The normalized spacial score (nSPS) is 18.6. The number of rotatable bonds is 6. The van der Waals surface area contributed by atoms with Gasteiger partial charge in [-0.2, -0.15) is 0 Å². The van der Waals surface area contributed by atoms with Gasteiger partial charge in [-0.25, -0.2) is 4.79 Å². The number of carbonyl (C=O) groups is 2. The van der Waals surface area contributed by atoms with Gasteiger partial charge in [-0.3, -0.25) is 4.79 Å². The summed E-state index contributed by atoms with van der Waals surface area (Å²) >= 11 is 1.63. The monoisotopic (exact) mass is 274 g/mol. The van der Waals surface area contributed by atoms with E-state index in [2.05, 4.69) is 10.6 Å². The van der Waals surface area contributed by atoms with E-state index >= 15 is 0 Å². The summed E-state index contributed by atoms with van der Waals surface area (Å²) in [6.07, 6.45) is 2.15. The first kappa shape index (κ1) is 15.3. The maximum absolute atomic E-state index is 11.7. The molecule has 1 aliphatic heterocycles. The highest BCUT2D eigenvalue weighted by atomic mass is 32.2. The van der Waals surface area contributed by atoms with Crippen molar-refractivity contribution >= 4 is 23.6 Å². The summed E-state index contributed by atoms with van der Waals surface area (Å²) in [5.74, 6) is -0.901. The molecule has 0 aromatic heterocycles. The number of piperidine rings is 1. The first-order valence-corrected chi connectivity index (χ1v) is 7.40. The van der Waals surface area contributed by atoms with Crippen molar-refractivity contribution in [2.75, 3.05) is 18.8 Å². The van der Waals surface area contributed by atoms with Crippen molar-refractivity contribution in [1.82, 2.24) is 10.6 Å². The number of thioether (sulfide) groups is 1.